The van der Waals surface area contributed by atoms with Gasteiger partial charge in [0.2, 0.25) is 0 Å². The van der Waals surface area contributed by atoms with E-state index in [2.05, 4.69) is 41.8 Å². The van der Waals surface area contributed by atoms with Crippen LogP contribution in [0.1, 0.15) is 25.0 Å². The molecule has 0 radical (unpaired) electrons. The summed E-state index contributed by atoms with van der Waals surface area (Å²) in [5, 5.41) is 6.78. The molecule has 6 N–H and O–H groups in total. The first-order valence-corrected chi connectivity index (χ1v) is 6.60. The maximum absolute atomic E-state index is 5.72. The van der Waals surface area contributed by atoms with Crippen LogP contribution in [0.4, 0.5) is 0 Å². The van der Waals surface area contributed by atoms with E-state index < -0.39 is 0 Å². The molecule has 0 aromatic heterocycles. The minimum atomic E-state index is 0.188. The van der Waals surface area contributed by atoms with Gasteiger partial charge in [0, 0.05) is 38.3 Å². The van der Waals surface area contributed by atoms with Gasteiger partial charge in [-0.3, -0.25) is 0 Å². The van der Waals surface area contributed by atoms with Gasteiger partial charge in [-0.1, -0.05) is 24.3 Å². The van der Waals surface area contributed by atoms with Crippen molar-refractivity contribution in [1.29, 1.82) is 0 Å². The van der Waals surface area contributed by atoms with Crippen molar-refractivity contribution < 1.29 is 0 Å². The fourth-order valence-corrected chi connectivity index (χ4v) is 1.70. The van der Waals surface area contributed by atoms with E-state index in [0.717, 1.165) is 19.6 Å². The smallest absolute Gasteiger partial charge is 0.0211 e. The Morgan fingerprint density at radius 3 is 2.28 bits per heavy atom. The summed E-state index contributed by atoms with van der Waals surface area (Å²) in [5.41, 5.74) is 14.0. The largest absolute Gasteiger partial charge is 0.329 e. The van der Waals surface area contributed by atoms with Gasteiger partial charge in [-0.05, 0) is 25.0 Å². The van der Waals surface area contributed by atoms with Gasteiger partial charge in [0.05, 0.1) is 0 Å². The molecule has 1 aromatic carbocycles. The Morgan fingerprint density at radius 2 is 1.72 bits per heavy atom. The van der Waals surface area contributed by atoms with E-state index in [1.807, 2.05) is 6.92 Å². The van der Waals surface area contributed by atoms with Crippen molar-refractivity contribution in [2.45, 2.75) is 39.0 Å². The molecule has 0 aliphatic rings. The highest BCUT2D eigenvalue weighted by Gasteiger charge is 2.04. The van der Waals surface area contributed by atoms with E-state index in [9.17, 15) is 0 Å². The summed E-state index contributed by atoms with van der Waals surface area (Å²) < 4.78 is 0. The Morgan fingerprint density at radius 1 is 1.11 bits per heavy atom. The first-order valence-electron chi connectivity index (χ1n) is 6.60. The molecule has 0 spiro atoms. The molecule has 0 aliphatic carbocycles. The number of hydrogen-bond donors (Lipinski definition) is 4. The summed E-state index contributed by atoms with van der Waals surface area (Å²) in [5.74, 6) is 0. The molecule has 2 atom stereocenters. The van der Waals surface area contributed by atoms with Crippen LogP contribution in [0.25, 0.3) is 0 Å². The van der Waals surface area contributed by atoms with Crippen LogP contribution in [0.2, 0.25) is 0 Å². The molecule has 0 aliphatic heterocycles. The van der Waals surface area contributed by atoms with Gasteiger partial charge < -0.3 is 22.1 Å². The molecular weight excluding hydrogens is 224 g/mol. The lowest BCUT2D eigenvalue weighted by Crippen LogP contribution is -2.33. The zero-order valence-corrected chi connectivity index (χ0v) is 11.4. The minimum absolute atomic E-state index is 0.188. The summed E-state index contributed by atoms with van der Waals surface area (Å²) in [6.45, 7) is 7.30. The lowest BCUT2D eigenvalue weighted by Gasteiger charge is -2.15. The number of nitrogens with two attached hydrogens (primary N) is 2. The highest BCUT2D eigenvalue weighted by Crippen LogP contribution is 2.08. The molecule has 1 aromatic rings. The molecule has 2 unspecified atom stereocenters. The first-order chi connectivity index (χ1) is 8.63. The molecule has 0 bridgehead atoms. The van der Waals surface area contributed by atoms with Crippen molar-refractivity contribution in [3.63, 3.8) is 0 Å². The van der Waals surface area contributed by atoms with Gasteiger partial charge in [0.25, 0.3) is 0 Å². The van der Waals surface area contributed by atoms with Crippen molar-refractivity contribution in [2.75, 3.05) is 13.1 Å². The van der Waals surface area contributed by atoms with E-state index in [4.69, 9.17) is 11.5 Å². The lowest BCUT2D eigenvalue weighted by molar-refractivity contribution is 0.550. The molecule has 4 nitrogen and oxygen atoms in total. The molecule has 0 saturated heterocycles. The van der Waals surface area contributed by atoms with Crippen LogP contribution < -0.4 is 22.1 Å². The maximum Gasteiger partial charge on any atom is 0.0211 e. The van der Waals surface area contributed by atoms with Gasteiger partial charge in [-0.25, -0.2) is 0 Å². The Labute approximate surface area is 110 Å². The lowest BCUT2D eigenvalue weighted by atomic mass is 10.1. The predicted octanol–water partition coefficient (Wildman–Crippen LogP) is 0.560. The average Bonchev–Trinajstić information content (AvgIpc) is 2.36. The van der Waals surface area contributed by atoms with E-state index in [-0.39, 0.29) is 6.04 Å². The minimum Gasteiger partial charge on any atom is -0.329 e. The average molecular weight is 250 g/mol. The van der Waals surface area contributed by atoms with E-state index in [0.29, 0.717) is 12.6 Å². The van der Waals surface area contributed by atoms with Crippen molar-refractivity contribution in [3.8, 4) is 0 Å². The van der Waals surface area contributed by atoms with Crippen LogP contribution in [0.15, 0.2) is 24.3 Å². The Hall–Kier alpha value is -0.940. The molecule has 1 rings (SSSR count). The summed E-state index contributed by atoms with van der Waals surface area (Å²) in [6, 6.07) is 8.97. The second kappa shape index (κ2) is 8.21. The van der Waals surface area contributed by atoms with Crippen molar-refractivity contribution in [1.82, 2.24) is 10.6 Å². The molecule has 18 heavy (non-hydrogen) atoms. The van der Waals surface area contributed by atoms with E-state index in [1.54, 1.807) is 0 Å². The molecule has 4 heteroatoms. The third-order valence-corrected chi connectivity index (χ3v) is 2.89. The molecule has 0 heterocycles. The quantitative estimate of drug-likeness (QED) is 0.544. The molecule has 0 amide bonds. The molecule has 0 saturated carbocycles. The van der Waals surface area contributed by atoms with Crippen LogP contribution in [0.3, 0.4) is 0 Å². The number of rotatable bonds is 8. The van der Waals surface area contributed by atoms with Crippen molar-refractivity contribution >= 4 is 0 Å². The van der Waals surface area contributed by atoms with Gasteiger partial charge in [0.1, 0.15) is 0 Å². The van der Waals surface area contributed by atoms with Gasteiger partial charge in [-0.15, -0.1) is 0 Å². The van der Waals surface area contributed by atoms with E-state index >= 15 is 0 Å². The number of hydrogen-bond acceptors (Lipinski definition) is 4. The second-order valence-electron chi connectivity index (χ2n) is 4.89. The fraction of sp³-hybridized carbons (Fsp3) is 0.571. The maximum atomic E-state index is 5.72. The summed E-state index contributed by atoms with van der Waals surface area (Å²) >= 11 is 0. The van der Waals surface area contributed by atoms with Crippen LogP contribution in [0, 0.1) is 0 Å². The first kappa shape index (κ1) is 15.1. The second-order valence-corrected chi connectivity index (χ2v) is 4.89. The Kier molecular flexibility index (Phi) is 6.90. The number of nitrogens with one attached hydrogen (secondary N) is 2. The van der Waals surface area contributed by atoms with Gasteiger partial charge in [-0.2, -0.15) is 0 Å². The Bertz CT molecular complexity index is 338. The zero-order valence-electron chi connectivity index (χ0n) is 11.4. The highest BCUT2D eigenvalue weighted by molar-refractivity contribution is 5.27. The summed E-state index contributed by atoms with van der Waals surface area (Å²) in [4.78, 5) is 0. The third-order valence-electron chi connectivity index (χ3n) is 2.89. The third kappa shape index (κ3) is 5.60. The zero-order chi connectivity index (χ0) is 13.4. The molecular formula is C14H26N4. The normalized spacial score (nSPS) is 14.4. The molecule has 102 valence electrons. The predicted molar refractivity (Wildman–Crippen MR) is 77.2 cm³/mol. The molecule has 0 fully saturated rings. The highest BCUT2D eigenvalue weighted by atomic mass is 14.9. The van der Waals surface area contributed by atoms with Crippen molar-refractivity contribution in [2.24, 2.45) is 11.5 Å². The monoisotopic (exact) mass is 250 g/mol. The van der Waals surface area contributed by atoms with Crippen LogP contribution in [-0.4, -0.2) is 25.2 Å². The topological polar surface area (TPSA) is 76.1 Å². The number of benzene rings is 1. The van der Waals surface area contributed by atoms with Crippen molar-refractivity contribution in [3.05, 3.63) is 35.4 Å². The van der Waals surface area contributed by atoms with Crippen LogP contribution >= 0.6 is 0 Å². The SMILES string of the molecule is CC(N)CNCc1ccccc1CNC(C)CN. The standard InChI is InChI=1S/C14H26N4/c1-11(16)8-17-9-13-5-3-4-6-14(13)10-18-12(2)7-15/h3-6,11-12,17-18H,7-10,15-16H2,1-2H3. The fourth-order valence-electron chi connectivity index (χ4n) is 1.70. The van der Waals surface area contributed by atoms with Crippen LogP contribution in [0.5, 0.6) is 0 Å². The summed E-state index contributed by atoms with van der Waals surface area (Å²) in [6.07, 6.45) is 0. The van der Waals surface area contributed by atoms with Crippen LogP contribution in [-0.2, 0) is 13.1 Å². The summed E-state index contributed by atoms with van der Waals surface area (Å²) in [7, 11) is 0. The Balaban J connectivity index is 2.50. The van der Waals surface area contributed by atoms with Gasteiger partial charge >= 0.3 is 0 Å². The van der Waals surface area contributed by atoms with E-state index in [1.165, 1.54) is 11.1 Å². The van der Waals surface area contributed by atoms with Gasteiger partial charge in [0.15, 0.2) is 0 Å².